The molecular formula is C19H29N3O2. The van der Waals surface area contributed by atoms with Gasteiger partial charge >= 0.3 is 0 Å². The number of rotatable bonds is 4. The third-order valence-corrected chi connectivity index (χ3v) is 5.85. The first kappa shape index (κ1) is 17.2. The molecule has 0 aromatic carbocycles. The highest BCUT2D eigenvalue weighted by molar-refractivity contribution is 5.76. The Balaban J connectivity index is 1.50. The summed E-state index contributed by atoms with van der Waals surface area (Å²) in [7, 11) is 0. The fraction of sp³-hybridized carbons (Fsp3) is 0.737. The highest BCUT2D eigenvalue weighted by Gasteiger charge is 2.32. The molecule has 5 nitrogen and oxygen atoms in total. The first-order valence-corrected chi connectivity index (χ1v) is 9.38. The number of carbonyl (C=O) groups is 1. The molecule has 1 aromatic rings. The summed E-state index contributed by atoms with van der Waals surface area (Å²) >= 11 is 0. The summed E-state index contributed by atoms with van der Waals surface area (Å²) < 4.78 is 0. The number of H-pyrrole nitrogens is 1. The van der Waals surface area contributed by atoms with E-state index < -0.39 is 0 Å². The van der Waals surface area contributed by atoms with Crippen LogP contribution in [-0.4, -0.2) is 21.9 Å². The van der Waals surface area contributed by atoms with Gasteiger partial charge in [-0.15, -0.1) is 0 Å². The minimum absolute atomic E-state index is 0.0636. The summed E-state index contributed by atoms with van der Waals surface area (Å²) in [5, 5.41) is 3.20. The van der Waals surface area contributed by atoms with Crippen molar-refractivity contribution in [1.82, 2.24) is 15.3 Å². The summed E-state index contributed by atoms with van der Waals surface area (Å²) in [6.07, 6.45) is 9.78. The van der Waals surface area contributed by atoms with Gasteiger partial charge in [-0.1, -0.05) is 25.7 Å². The molecule has 0 saturated heterocycles. The molecule has 1 amide bonds. The molecule has 0 aliphatic heterocycles. The van der Waals surface area contributed by atoms with Crippen molar-refractivity contribution >= 4 is 5.91 Å². The molecule has 1 aromatic heterocycles. The average Bonchev–Trinajstić information content (AvgIpc) is 2.53. The second-order valence-corrected chi connectivity index (χ2v) is 7.60. The van der Waals surface area contributed by atoms with Crippen LogP contribution in [0.4, 0.5) is 0 Å². The molecule has 5 heteroatoms. The van der Waals surface area contributed by atoms with E-state index in [0.717, 1.165) is 30.4 Å². The minimum Gasteiger partial charge on any atom is -0.353 e. The zero-order valence-corrected chi connectivity index (χ0v) is 14.9. The first-order valence-electron chi connectivity index (χ1n) is 9.38. The summed E-state index contributed by atoms with van der Waals surface area (Å²) in [4.78, 5) is 31.3. The molecule has 2 aliphatic carbocycles. The van der Waals surface area contributed by atoms with Crippen LogP contribution in [0.5, 0.6) is 0 Å². The maximum atomic E-state index is 12.3. The Kier molecular flexibility index (Phi) is 5.36. The van der Waals surface area contributed by atoms with Crippen molar-refractivity contribution < 1.29 is 4.79 Å². The molecule has 3 rings (SSSR count). The molecule has 1 heterocycles. The van der Waals surface area contributed by atoms with Crippen LogP contribution in [0, 0.1) is 25.7 Å². The fourth-order valence-electron chi connectivity index (χ4n) is 4.59. The zero-order valence-electron chi connectivity index (χ0n) is 14.9. The summed E-state index contributed by atoms with van der Waals surface area (Å²) in [5.41, 5.74) is 1.24. The molecule has 0 unspecified atom stereocenters. The minimum atomic E-state index is -0.115. The Morgan fingerprint density at radius 3 is 2.67 bits per heavy atom. The van der Waals surface area contributed by atoms with Crippen molar-refractivity contribution in [2.24, 2.45) is 11.8 Å². The Morgan fingerprint density at radius 1 is 1.17 bits per heavy atom. The van der Waals surface area contributed by atoms with Gasteiger partial charge in [-0.3, -0.25) is 9.59 Å². The van der Waals surface area contributed by atoms with Crippen molar-refractivity contribution in [3.05, 3.63) is 27.4 Å². The largest absolute Gasteiger partial charge is 0.353 e. The van der Waals surface area contributed by atoms with E-state index in [2.05, 4.69) is 15.3 Å². The first-order chi connectivity index (χ1) is 11.5. The van der Waals surface area contributed by atoms with Gasteiger partial charge in [-0.25, -0.2) is 4.98 Å². The number of aryl methyl sites for hydroxylation is 2. The van der Waals surface area contributed by atoms with Crippen molar-refractivity contribution in [3.8, 4) is 0 Å². The number of nitrogens with one attached hydrogen (secondary N) is 2. The number of aromatic amines is 1. The van der Waals surface area contributed by atoms with Crippen LogP contribution in [0.1, 0.15) is 68.4 Å². The van der Waals surface area contributed by atoms with E-state index in [9.17, 15) is 9.59 Å². The van der Waals surface area contributed by atoms with E-state index in [0.29, 0.717) is 30.3 Å². The Labute approximate surface area is 143 Å². The Bertz CT molecular complexity index is 653. The molecule has 0 bridgehead atoms. The Hall–Kier alpha value is -1.65. The van der Waals surface area contributed by atoms with Gasteiger partial charge in [0.15, 0.2) is 0 Å². The standard InChI is InChI=1S/C19H29N3O2/c1-12-17(19(24)21-13(2)20-12)9-10-18(23)22-16-8-7-14-5-3-4-6-15(14)11-16/h14-16H,3-11H2,1-2H3,(H,22,23)(H,20,21,24)/t14-,15+,16-/m1/s1. The van der Waals surface area contributed by atoms with Gasteiger partial charge in [-0.05, 0) is 51.4 Å². The van der Waals surface area contributed by atoms with Crippen molar-refractivity contribution in [2.45, 2.75) is 77.7 Å². The van der Waals surface area contributed by atoms with Crippen LogP contribution >= 0.6 is 0 Å². The maximum Gasteiger partial charge on any atom is 0.254 e. The van der Waals surface area contributed by atoms with Crippen molar-refractivity contribution in [1.29, 1.82) is 0 Å². The van der Waals surface area contributed by atoms with Crippen molar-refractivity contribution in [2.75, 3.05) is 0 Å². The third-order valence-electron chi connectivity index (χ3n) is 5.85. The molecule has 2 N–H and O–H groups in total. The number of carbonyl (C=O) groups excluding carboxylic acids is 1. The van der Waals surface area contributed by atoms with E-state index >= 15 is 0 Å². The number of amides is 1. The second kappa shape index (κ2) is 7.49. The van der Waals surface area contributed by atoms with Crippen LogP contribution in [0.3, 0.4) is 0 Å². The highest BCUT2D eigenvalue weighted by Crippen LogP contribution is 2.40. The van der Waals surface area contributed by atoms with Gasteiger partial charge in [0, 0.05) is 23.7 Å². The van der Waals surface area contributed by atoms with Gasteiger partial charge in [-0.2, -0.15) is 0 Å². The van der Waals surface area contributed by atoms with E-state index in [1.807, 2.05) is 6.92 Å². The van der Waals surface area contributed by atoms with Gasteiger partial charge in [0.25, 0.3) is 5.56 Å². The predicted octanol–water partition coefficient (Wildman–Crippen LogP) is 2.79. The number of aromatic nitrogens is 2. The van der Waals surface area contributed by atoms with Gasteiger partial charge in [0.1, 0.15) is 5.82 Å². The molecular weight excluding hydrogens is 302 g/mol. The lowest BCUT2D eigenvalue weighted by atomic mass is 9.69. The molecule has 0 radical (unpaired) electrons. The van der Waals surface area contributed by atoms with Crippen molar-refractivity contribution in [3.63, 3.8) is 0 Å². The smallest absolute Gasteiger partial charge is 0.254 e. The maximum absolute atomic E-state index is 12.3. The Morgan fingerprint density at radius 2 is 1.92 bits per heavy atom. The highest BCUT2D eigenvalue weighted by atomic mass is 16.1. The number of fused-ring (bicyclic) bond motifs is 1. The van der Waals surface area contributed by atoms with E-state index in [4.69, 9.17) is 0 Å². The zero-order chi connectivity index (χ0) is 17.1. The van der Waals surface area contributed by atoms with Crippen LogP contribution in [0.15, 0.2) is 4.79 Å². The molecule has 2 saturated carbocycles. The van der Waals surface area contributed by atoms with Gasteiger partial charge < -0.3 is 10.3 Å². The lowest BCUT2D eigenvalue weighted by Crippen LogP contribution is -2.41. The lowest BCUT2D eigenvalue weighted by molar-refractivity contribution is -0.122. The average molecular weight is 331 g/mol. The van der Waals surface area contributed by atoms with E-state index in [1.54, 1.807) is 6.92 Å². The quantitative estimate of drug-likeness (QED) is 0.891. The number of hydrogen-bond donors (Lipinski definition) is 2. The van der Waals surface area contributed by atoms with Gasteiger partial charge in [0.05, 0.1) is 0 Å². The topological polar surface area (TPSA) is 74.8 Å². The van der Waals surface area contributed by atoms with E-state index in [1.165, 1.54) is 32.1 Å². The van der Waals surface area contributed by atoms with Crippen LogP contribution < -0.4 is 10.9 Å². The second-order valence-electron chi connectivity index (χ2n) is 7.60. The third kappa shape index (κ3) is 4.05. The number of nitrogens with zero attached hydrogens (tertiary/aromatic N) is 1. The monoisotopic (exact) mass is 331 g/mol. The molecule has 24 heavy (non-hydrogen) atoms. The molecule has 0 spiro atoms. The SMILES string of the molecule is Cc1nc(C)c(CCC(=O)N[C@@H]2CC[C@H]3CCCC[C@H]3C2)c(=O)[nH]1. The van der Waals surface area contributed by atoms with Crippen LogP contribution in [0.25, 0.3) is 0 Å². The lowest BCUT2D eigenvalue weighted by Gasteiger charge is -2.39. The molecule has 2 fully saturated rings. The summed E-state index contributed by atoms with van der Waals surface area (Å²) in [6, 6.07) is 0.326. The number of hydrogen-bond acceptors (Lipinski definition) is 3. The summed E-state index contributed by atoms with van der Waals surface area (Å²) in [6.45, 7) is 3.60. The fourth-order valence-corrected chi connectivity index (χ4v) is 4.59. The molecule has 3 atom stereocenters. The molecule has 2 aliphatic rings. The molecule has 132 valence electrons. The normalized spacial score (nSPS) is 26.7. The summed E-state index contributed by atoms with van der Waals surface area (Å²) in [5.74, 6) is 2.39. The predicted molar refractivity (Wildman–Crippen MR) is 93.9 cm³/mol. The van der Waals surface area contributed by atoms with Crippen LogP contribution in [-0.2, 0) is 11.2 Å². The van der Waals surface area contributed by atoms with E-state index in [-0.39, 0.29) is 11.5 Å². The van der Waals surface area contributed by atoms with Crippen LogP contribution in [0.2, 0.25) is 0 Å². The van der Waals surface area contributed by atoms with Gasteiger partial charge in [0.2, 0.25) is 5.91 Å².